The van der Waals surface area contributed by atoms with Crippen molar-refractivity contribution in [1.82, 2.24) is 0 Å². The van der Waals surface area contributed by atoms with Crippen molar-refractivity contribution in [3.63, 3.8) is 0 Å². The number of sulfonamides is 1. The molecule has 0 amide bonds. The number of anilines is 1. The summed E-state index contributed by atoms with van der Waals surface area (Å²) in [7, 11) is -3.82. The first kappa shape index (κ1) is 14.8. The fraction of sp³-hybridized carbons (Fsp3) is 0.0833. The van der Waals surface area contributed by atoms with Gasteiger partial charge >= 0.3 is 5.97 Å². The molecular weight excluding hydrogens is 322 g/mol. The van der Waals surface area contributed by atoms with E-state index in [4.69, 9.17) is 16.7 Å². The molecule has 0 aliphatic carbocycles. The molecule has 20 heavy (non-hydrogen) atoms. The number of carboxylic acids is 1. The van der Waals surface area contributed by atoms with E-state index in [1.165, 1.54) is 12.1 Å². The van der Waals surface area contributed by atoms with Crippen molar-refractivity contribution in [1.29, 1.82) is 0 Å². The molecule has 0 aliphatic rings. The maximum atomic E-state index is 12.2. The van der Waals surface area contributed by atoms with Gasteiger partial charge < -0.3 is 5.11 Å². The topological polar surface area (TPSA) is 83.5 Å². The fourth-order valence-corrected chi connectivity index (χ4v) is 4.18. The number of benzene rings is 1. The van der Waals surface area contributed by atoms with Crippen molar-refractivity contribution in [3.05, 3.63) is 45.1 Å². The monoisotopic (exact) mass is 331 g/mol. The number of rotatable bonds is 4. The third-order valence-corrected chi connectivity index (χ3v) is 5.40. The molecule has 106 valence electrons. The SMILES string of the molecule is Cc1sc(C(=O)O)cc1S(=O)(=O)Nc1ccc(Cl)cc1. The summed E-state index contributed by atoms with van der Waals surface area (Å²) in [6.45, 7) is 1.56. The van der Waals surface area contributed by atoms with E-state index in [1.54, 1.807) is 19.1 Å². The highest BCUT2D eigenvalue weighted by Gasteiger charge is 2.22. The van der Waals surface area contributed by atoms with Gasteiger partial charge in [0.25, 0.3) is 10.0 Å². The van der Waals surface area contributed by atoms with Crippen LogP contribution in [0.4, 0.5) is 5.69 Å². The van der Waals surface area contributed by atoms with Crippen molar-refractivity contribution < 1.29 is 18.3 Å². The highest BCUT2D eigenvalue weighted by Crippen LogP contribution is 2.27. The Morgan fingerprint density at radius 1 is 1.30 bits per heavy atom. The number of thiophene rings is 1. The molecule has 0 saturated heterocycles. The lowest BCUT2D eigenvalue weighted by atomic mass is 10.3. The molecule has 2 aromatic rings. The van der Waals surface area contributed by atoms with Crippen LogP contribution in [0.2, 0.25) is 5.02 Å². The molecule has 2 rings (SSSR count). The molecule has 8 heteroatoms. The van der Waals surface area contributed by atoms with Gasteiger partial charge in [0.1, 0.15) is 9.77 Å². The van der Waals surface area contributed by atoms with E-state index in [0.717, 1.165) is 17.4 Å². The van der Waals surface area contributed by atoms with Crippen LogP contribution in [-0.2, 0) is 10.0 Å². The van der Waals surface area contributed by atoms with Gasteiger partial charge in [0.05, 0.1) is 0 Å². The molecule has 1 aromatic carbocycles. The van der Waals surface area contributed by atoms with Crippen LogP contribution < -0.4 is 4.72 Å². The Morgan fingerprint density at radius 2 is 1.90 bits per heavy atom. The van der Waals surface area contributed by atoms with E-state index in [1.807, 2.05) is 0 Å². The summed E-state index contributed by atoms with van der Waals surface area (Å²) in [6.07, 6.45) is 0. The zero-order chi connectivity index (χ0) is 14.9. The number of hydrogen-bond acceptors (Lipinski definition) is 4. The van der Waals surface area contributed by atoms with Crippen LogP contribution in [0.1, 0.15) is 14.5 Å². The first-order chi connectivity index (χ1) is 9.29. The number of aromatic carboxylic acids is 1. The summed E-state index contributed by atoms with van der Waals surface area (Å²) in [5.74, 6) is -1.15. The van der Waals surface area contributed by atoms with E-state index in [-0.39, 0.29) is 9.77 Å². The molecule has 0 saturated carbocycles. The maximum Gasteiger partial charge on any atom is 0.345 e. The Bertz CT molecular complexity index is 750. The lowest BCUT2D eigenvalue weighted by Gasteiger charge is -2.07. The lowest BCUT2D eigenvalue weighted by molar-refractivity contribution is 0.0702. The van der Waals surface area contributed by atoms with Crippen molar-refractivity contribution >= 4 is 44.6 Å². The first-order valence-electron chi connectivity index (χ1n) is 5.42. The summed E-state index contributed by atoms with van der Waals surface area (Å²) in [5, 5.41) is 9.38. The highest BCUT2D eigenvalue weighted by molar-refractivity contribution is 7.93. The average molecular weight is 332 g/mol. The summed E-state index contributed by atoms with van der Waals surface area (Å²) in [4.78, 5) is 11.2. The van der Waals surface area contributed by atoms with Crippen LogP contribution in [0.25, 0.3) is 0 Å². The van der Waals surface area contributed by atoms with Crippen LogP contribution in [0.15, 0.2) is 35.2 Å². The van der Waals surface area contributed by atoms with Gasteiger partial charge in [-0.1, -0.05) is 11.6 Å². The predicted octanol–water partition coefficient (Wildman–Crippen LogP) is 3.21. The number of nitrogens with one attached hydrogen (secondary N) is 1. The Balaban J connectivity index is 2.35. The van der Waals surface area contributed by atoms with Crippen molar-refractivity contribution in [3.8, 4) is 0 Å². The summed E-state index contributed by atoms with van der Waals surface area (Å²) in [6, 6.07) is 7.32. The Morgan fingerprint density at radius 3 is 2.40 bits per heavy atom. The van der Waals surface area contributed by atoms with Gasteiger partial charge in [-0.05, 0) is 37.3 Å². The standard InChI is InChI=1S/C12H10ClNO4S2/c1-7-11(6-10(19-7)12(15)16)20(17,18)14-9-4-2-8(13)3-5-9/h2-6,14H,1H3,(H,15,16). The molecule has 0 aliphatic heterocycles. The number of hydrogen-bond donors (Lipinski definition) is 2. The van der Waals surface area contributed by atoms with Crippen LogP contribution in [0.3, 0.4) is 0 Å². The third-order valence-electron chi connectivity index (χ3n) is 2.47. The molecule has 0 bridgehead atoms. The van der Waals surface area contributed by atoms with E-state index in [2.05, 4.69) is 4.72 Å². The molecular formula is C12H10ClNO4S2. The number of aryl methyl sites for hydroxylation is 1. The fourth-order valence-electron chi connectivity index (χ4n) is 1.57. The van der Waals surface area contributed by atoms with E-state index in [9.17, 15) is 13.2 Å². The lowest BCUT2D eigenvalue weighted by Crippen LogP contribution is -2.13. The van der Waals surface area contributed by atoms with E-state index < -0.39 is 16.0 Å². The quantitative estimate of drug-likeness (QED) is 0.901. The zero-order valence-electron chi connectivity index (χ0n) is 10.3. The first-order valence-corrected chi connectivity index (χ1v) is 8.09. The van der Waals surface area contributed by atoms with Gasteiger partial charge in [-0.3, -0.25) is 4.72 Å². The minimum absolute atomic E-state index is 0.0148. The van der Waals surface area contributed by atoms with Gasteiger partial charge in [0, 0.05) is 15.6 Å². The predicted molar refractivity (Wildman–Crippen MR) is 78.3 cm³/mol. The van der Waals surface area contributed by atoms with Gasteiger partial charge in [-0.15, -0.1) is 11.3 Å². The minimum Gasteiger partial charge on any atom is -0.477 e. The number of halogens is 1. The summed E-state index contributed by atoms with van der Waals surface area (Å²) < 4.78 is 26.8. The average Bonchev–Trinajstić information content (AvgIpc) is 2.75. The third kappa shape index (κ3) is 3.12. The Labute approximate surface area is 124 Å². The smallest absolute Gasteiger partial charge is 0.345 e. The van der Waals surface area contributed by atoms with Gasteiger partial charge in [-0.2, -0.15) is 0 Å². The molecule has 1 heterocycles. The molecule has 0 fully saturated rings. The zero-order valence-corrected chi connectivity index (χ0v) is 12.6. The number of carboxylic acid groups (broad SMARTS) is 1. The van der Waals surface area contributed by atoms with Crippen LogP contribution >= 0.6 is 22.9 Å². The Hall–Kier alpha value is -1.57. The summed E-state index contributed by atoms with van der Waals surface area (Å²) in [5.41, 5.74) is 0.358. The van der Waals surface area contributed by atoms with E-state index in [0.29, 0.717) is 15.6 Å². The van der Waals surface area contributed by atoms with Crippen molar-refractivity contribution in [2.24, 2.45) is 0 Å². The van der Waals surface area contributed by atoms with Crippen molar-refractivity contribution in [2.75, 3.05) is 4.72 Å². The highest BCUT2D eigenvalue weighted by atomic mass is 35.5. The molecule has 0 radical (unpaired) electrons. The van der Waals surface area contributed by atoms with Crippen LogP contribution in [0, 0.1) is 6.92 Å². The molecule has 0 spiro atoms. The van der Waals surface area contributed by atoms with Gasteiger partial charge in [0.15, 0.2) is 0 Å². The van der Waals surface area contributed by atoms with Crippen LogP contribution in [-0.4, -0.2) is 19.5 Å². The summed E-state index contributed by atoms with van der Waals surface area (Å²) >= 11 is 6.65. The second-order valence-corrected chi connectivity index (χ2v) is 7.29. The van der Waals surface area contributed by atoms with Crippen molar-refractivity contribution in [2.45, 2.75) is 11.8 Å². The maximum absolute atomic E-state index is 12.2. The molecule has 0 atom stereocenters. The van der Waals surface area contributed by atoms with Crippen LogP contribution in [0.5, 0.6) is 0 Å². The normalized spacial score (nSPS) is 11.3. The van der Waals surface area contributed by atoms with Gasteiger partial charge in [0.2, 0.25) is 0 Å². The minimum atomic E-state index is -3.82. The molecule has 1 aromatic heterocycles. The molecule has 0 unspecified atom stereocenters. The largest absolute Gasteiger partial charge is 0.477 e. The molecule has 5 nitrogen and oxygen atoms in total. The van der Waals surface area contributed by atoms with E-state index >= 15 is 0 Å². The second kappa shape index (κ2) is 5.43. The number of carbonyl (C=O) groups is 1. The molecule has 2 N–H and O–H groups in total. The van der Waals surface area contributed by atoms with Gasteiger partial charge in [-0.25, -0.2) is 13.2 Å². The Kier molecular flexibility index (Phi) is 4.03. The second-order valence-electron chi connectivity index (χ2n) is 3.95.